The van der Waals surface area contributed by atoms with Gasteiger partial charge >= 0.3 is 6.09 Å². The number of piperidine rings is 2. The van der Waals surface area contributed by atoms with E-state index in [0.717, 1.165) is 44.4 Å². The topological polar surface area (TPSA) is 67.9 Å². The third-order valence-electron chi connectivity index (χ3n) is 6.94. The van der Waals surface area contributed by atoms with E-state index < -0.39 is 0 Å². The number of carbonyl (C=O) groups is 2. The van der Waals surface area contributed by atoms with Crippen LogP contribution < -0.4 is 5.32 Å². The summed E-state index contributed by atoms with van der Waals surface area (Å²) >= 11 is 0. The summed E-state index contributed by atoms with van der Waals surface area (Å²) < 4.78 is 11.3. The molecule has 0 saturated carbocycles. The Hall–Kier alpha value is -2.70. The molecule has 4 rings (SSSR count). The molecule has 2 atom stereocenters. The number of hydrogen-bond donors (Lipinski definition) is 1. The Morgan fingerprint density at radius 3 is 2.09 bits per heavy atom. The third kappa shape index (κ3) is 7.40. The summed E-state index contributed by atoms with van der Waals surface area (Å²) in [5.74, 6) is 1.12. The van der Waals surface area contributed by atoms with E-state index in [9.17, 15) is 9.59 Å². The van der Waals surface area contributed by atoms with Crippen LogP contribution >= 0.6 is 0 Å². The number of hydrogen-bond acceptors (Lipinski definition) is 5. The lowest BCUT2D eigenvalue weighted by atomic mass is 9.86. The summed E-state index contributed by atoms with van der Waals surface area (Å²) in [6, 6.07) is 19.9. The molecule has 0 aliphatic carbocycles. The van der Waals surface area contributed by atoms with E-state index >= 15 is 0 Å². The fourth-order valence-electron chi connectivity index (χ4n) is 4.81. The molecular weight excluding hydrogens is 428 g/mol. The fourth-order valence-corrected chi connectivity index (χ4v) is 4.81. The average molecular weight is 465 g/mol. The van der Waals surface area contributed by atoms with Gasteiger partial charge in [-0.05, 0) is 48.6 Å². The molecule has 0 spiro atoms. The molecule has 182 valence electrons. The van der Waals surface area contributed by atoms with Crippen LogP contribution in [0.3, 0.4) is 0 Å². The second-order valence-electron chi connectivity index (χ2n) is 9.55. The minimum absolute atomic E-state index is 0.0424. The number of likely N-dealkylation sites (tertiary alicyclic amines) is 1. The van der Waals surface area contributed by atoms with Crippen molar-refractivity contribution in [3.8, 4) is 0 Å². The molecule has 1 N–H and O–H groups in total. The lowest BCUT2D eigenvalue weighted by Gasteiger charge is -2.33. The van der Waals surface area contributed by atoms with Gasteiger partial charge in [0.1, 0.15) is 12.4 Å². The molecule has 2 aromatic rings. The van der Waals surface area contributed by atoms with E-state index in [1.165, 1.54) is 5.56 Å². The van der Waals surface area contributed by atoms with Gasteiger partial charge < -0.3 is 19.7 Å². The van der Waals surface area contributed by atoms with Crippen LogP contribution in [0.15, 0.2) is 60.7 Å². The molecule has 6 heteroatoms. The van der Waals surface area contributed by atoms with E-state index in [1.54, 1.807) is 4.90 Å². The molecule has 1 unspecified atom stereocenters. The zero-order valence-corrected chi connectivity index (χ0v) is 19.9. The second-order valence-corrected chi connectivity index (χ2v) is 9.55. The predicted molar refractivity (Wildman–Crippen MR) is 131 cm³/mol. The van der Waals surface area contributed by atoms with E-state index in [2.05, 4.69) is 17.4 Å². The monoisotopic (exact) mass is 464 g/mol. The molecule has 2 aromatic carbocycles. The molecule has 34 heavy (non-hydrogen) atoms. The van der Waals surface area contributed by atoms with Crippen LogP contribution in [-0.2, 0) is 27.5 Å². The van der Waals surface area contributed by atoms with Crippen LogP contribution in [-0.4, -0.2) is 49.1 Å². The van der Waals surface area contributed by atoms with Crippen LogP contribution in [0.2, 0.25) is 0 Å². The highest BCUT2D eigenvalue weighted by Crippen LogP contribution is 2.24. The lowest BCUT2D eigenvalue weighted by molar-refractivity contribution is -0.123. The smallest absolute Gasteiger partial charge is 0.410 e. The van der Waals surface area contributed by atoms with Crippen molar-refractivity contribution in [1.29, 1.82) is 0 Å². The standard InChI is InChI=1S/C28H36N2O4/c31-27(26-12-11-25(18-29-26)20-33-19-23-7-3-1-4-8-23)17-22-13-15-30(16-14-22)28(32)34-21-24-9-5-2-6-10-24/h1-10,22,25-26,29H,11-21H2/t25-,26?/m1/s1. The minimum Gasteiger partial charge on any atom is -0.445 e. The van der Waals surface area contributed by atoms with Crippen molar-refractivity contribution < 1.29 is 19.1 Å². The van der Waals surface area contributed by atoms with Crippen molar-refractivity contribution in [3.05, 3.63) is 71.8 Å². The first-order valence-corrected chi connectivity index (χ1v) is 12.5. The third-order valence-corrected chi connectivity index (χ3v) is 6.94. The Morgan fingerprint density at radius 1 is 0.824 bits per heavy atom. The molecule has 6 nitrogen and oxygen atoms in total. The Morgan fingerprint density at radius 2 is 1.47 bits per heavy atom. The first-order valence-electron chi connectivity index (χ1n) is 12.5. The van der Waals surface area contributed by atoms with Gasteiger partial charge in [0.05, 0.1) is 19.3 Å². The molecule has 1 amide bonds. The first kappa shape index (κ1) is 24.4. The number of rotatable bonds is 9. The molecule has 2 heterocycles. The number of nitrogens with one attached hydrogen (secondary N) is 1. The number of ketones is 1. The highest BCUT2D eigenvalue weighted by Gasteiger charge is 2.30. The molecule has 2 saturated heterocycles. The average Bonchev–Trinajstić information content (AvgIpc) is 2.89. The SMILES string of the molecule is O=C(CC1CCN(C(=O)OCc2ccccc2)CC1)C1CC[C@@H](COCc2ccccc2)CN1. The summed E-state index contributed by atoms with van der Waals surface area (Å²) in [4.78, 5) is 27.0. The number of benzene rings is 2. The number of nitrogens with zero attached hydrogens (tertiary/aromatic N) is 1. The predicted octanol–water partition coefficient (Wildman–Crippen LogP) is 4.58. The summed E-state index contributed by atoms with van der Waals surface area (Å²) in [6.45, 7) is 3.80. The van der Waals surface area contributed by atoms with Crippen molar-refractivity contribution >= 4 is 11.9 Å². The summed E-state index contributed by atoms with van der Waals surface area (Å²) in [7, 11) is 0. The van der Waals surface area contributed by atoms with Crippen molar-refractivity contribution in [2.45, 2.75) is 51.4 Å². The quantitative estimate of drug-likeness (QED) is 0.588. The number of ether oxygens (including phenoxy) is 2. The summed E-state index contributed by atoms with van der Waals surface area (Å²) in [5, 5.41) is 3.45. The molecule has 0 bridgehead atoms. The Balaban J connectivity index is 1.09. The molecule has 2 aliphatic heterocycles. The van der Waals surface area contributed by atoms with Gasteiger partial charge in [0.15, 0.2) is 0 Å². The van der Waals surface area contributed by atoms with E-state index in [4.69, 9.17) is 9.47 Å². The number of amides is 1. The van der Waals surface area contributed by atoms with Gasteiger partial charge in [-0.15, -0.1) is 0 Å². The normalized spacial score (nSPS) is 21.2. The van der Waals surface area contributed by atoms with Crippen LogP contribution in [0, 0.1) is 11.8 Å². The van der Waals surface area contributed by atoms with Crippen molar-refractivity contribution in [2.75, 3.05) is 26.2 Å². The molecular formula is C28H36N2O4. The van der Waals surface area contributed by atoms with Crippen molar-refractivity contribution in [3.63, 3.8) is 0 Å². The lowest BCUT2D eigenvalue weighted by Crippen LogP contribution is -2.46. The van der Waals surface area contributed by atoms with Gasteiger partial charge in [0, 0.05) is 26.1 Å². The first-order chi connectivity index (χ1) is 16.7. The van der Waals surface area contributed by atoms with E-state index in [-0.39, 0.29) is 12.1 Å². The maximum absolute atomic E-state index is 12.8. The van der Waals surface area contributed by atoms with Crippen LogP contribution in [0.4, 0.5) is 4.79 Å². The van der Waals surface area contributed by atoms with Crippen molar-refractivity contribution in [1.82, 2.24) is 10.2 Å². The second kappa shape index (κ2) is 12.7. The van der Waals surface area contributed by atoms with Crippen LogP contribution in [0.5, 0.6) is 0 Å². The van der Waals surface area contributed by atoms with Crippen LogP contribution in [0.25, 0.3) is 0 Å². The van der Waals surface area contributed by atoms with Gasteiger partial charge in [-0.25, -0.2) is 4.79 Å². The van der Waals surface area contributed by atoms with E-state index in [0.29, 0.717) is 50.3 Å². The zero-order valence-electron chi connectivity index (χ0n) is 19.9. The highest BCUT2D eigenvalue weighted by atomic mass is 16.6. The minimum atomic E-state index is -0.261. The van der Waals surface area contributed by atoms with Gasteiger partial charge in [0.2, 0.25) is 0 Å². The molecule has 0 radical (unpaired) electrons. The Kier molecular flexibility index (Phi) is 9.11. The zero-order chi connectivity index (χ0) is 23.6. The van der Waals surface area contributed by atoms with Crippen molar-refractivity contribution in [2.24, 2.45) is 11.8 Å². The maximum atomic E-state index is 12.8. The fraction of sp³-hybridized carbons (Fsp3) is 0.500. The Bertz CT molecular complexity index is 889. The van der Waals surface area contributed by atoms with Gasteiger partial charge in [-0.3, -0.25) is 4.79 Å². The maximum Gasteiger partial charge on any atom is 0.410 e. The molecule has 2 aliphatic rings. The number of Topliss-reactive ketones (excluding diaryl/α,β-unsaturated/α-hetero) is 1. The largest absolute Gasteiger partial charge is 0.445 e. The van der Waals surface area contributed by atoms with Crippen LogP contribution in [0.1, 0.15) is 43.2 Å². The van der Waals surface area contributed by atoms with E-state index in [1.807, 2.05) is 48.5 Å². The highest BCUT2D eigenvalue weighted by molar-refractivity contribution is 5.84. The Labute approximate surface area is 202 Å². The number of carbonyl (C=O) groups excluding carboxylic acids is 2. The summed E-state index contributed by atoms with van der Waals surface area (Å²) in [6.07, 6.45) is 3.94. The van der Waals surface area contributed by atoms with Gasteiger partial charge in [0.25, 0.3) is 0 Å². The van der Waals surface area contributed by atoms with Gasteiger partial charge in [-0.1, -0.05) is 60.7 Å². The molecule has 0 aromatic heterocycles. The summed E-state index contributed by atoms with van der Waals surface area (Å²) in [5.41, 5.74) is 2.18. The molecule has 2 fully saturated rings. The van der Waals surface area contributed by atoms with Gasteiger partial charge in [-0.2, -0.15) is 0 Å².